The number of hydrogen-bond donors (Lipinski definition) is 0. The van der Waals surface area contributed by atoms with Crippen molar-refractivity contribution in [3.63, 3.8) is 0 Å². The number of rotatable bonds is 7. The first-order chi connectivity index (χ1) is 11.8. The van der Waals surface area contributed by atoms with E-state index in [2.05, 4.69) is 0 Å². The van der Waals surface area contributed by atoms with Gasteiger partial charge in [-0.25, -0.2) is 0 Å². The zero-order valence-corrected chi connectivity index (χ0v) is 15.1. The van der Waals surface area contributed by atoms with E-state index in [4.69, 9.17) is 13.7 Å². The van der Waals surface area contributed by atoms with Crippen LogP contribution in [-0.4, -0.2) is 28.1 Å². The van der Waals surface area contributed by atoms with Crippen LogP contribution in [0.15, 0.2) is 47.4 Å². The maximum absolute atomic E-state index is 12.1. The first-order valence-electron chi connectivity index (χ1n) is 7.63. The molecule has 25 heavy (non-hydrogen) atoms. The molecule has 0 spiro atoms. The summed E-state index contributed by atoms with van der Waals surface area (Å²) in [5, 5.41) is 0. The number of esters is 1. The number of aryl methyl sites for hydroxylation is 1. The lowest BCUT2D eigenvalue weighted by molar-refractivity contribution is -0.132. The highest BCUT2D eigenvalue weighted by atomic mass is 32.2. The normalized spacial score (nSPS) is 11.2. The maximum Gasteiger partial charge on any atom is 0.308 e. The third kappa shape index (κ3) is 5.30. The Morgan fingerprint density at radius 2 is 1.72 bits per heavy atom. The largest absolute Gasteiger partial charge is 0.493 e. The fourth-order valence-corrected chi connectivity index (χ4v) is 3.06. The van der Waals surface area contributed by atoms with Crippen LogP contribution in [0.5, 0.6) is 11.5 Å². The van der Waals surface area contributed by atoms with Gasteiger partial charge in [0.25, 0.3) is 10.1 Å². The van der Waals surface area contributed by atoms with Crippen molar-refractivity contribution in [3.8, 4) is 11.5 Å². The number of carbonyl (C=O) groups excluding carboxylic acids is 1. The smallest absolute Gasteiger partial charge is 0.308 e. The van der Waals surface area contributed by atoms with Gasteiger partial charge >= 0.3 is 5.97 Å². The molecule has 7 heteroatoms. The molecule has 0 aliphatic carbocycles. The lowest BCUT2D eigenvalue weighted by Gasteiger charge is -2.10. The van der Waals surface area contributed by atoms with E-state index in [0.29, 0.717) is 17.9 Å². The highest BCUT2D eigenvalue weighted by molar-refractivity contribution is 7.86. The summed E-state index contributed by atoms with van der Waals surface area (Å²) in [6.45, 7) is 3.17. The molecule has 0 atom stereocenters. The summed E-state index contributed by atoms with van der Waals surface area (Å²) in [6.07, 6.45) is 0.363. The van der Waals surface area contributed by atoms with Gasteiger partial charge in [0, 0.05) is 6.92 Å². The van der Waals surface area contributed by atoms with E-state index in [9.17, 15) is 13.2 Å². The number of benzene rings is 2. The predicted molar refractivity (Wildman–Crippen MR) is 92.3 cm³/mol. The van der Waals surface area contributed by atoms with Crippen molar-refractivity contribution in [2.24, 2.45) is 0 Å². The summed E-state index contributed by atoms with van der Waals surface area (Å²) in [5.41, 5.74) is 1.77. The molecule has 0 aliphatic rings. The maximum atomic E-state index is 12.1. The topological polar surface area (TPSA) is 78.9 Å². The molecule has 0 aromatic heterocycles. The van der Waals surface area contributed by atoms with Crippen LogP contribution in [-0.2, 0) is 25.5 Å². The molecule has 0 aliphatic heterocycles. The van der Waals surface area contributed by atoms with Gasteiger partial charge < -0.3 is 9.47 Å². The zero-order valence-electron chi connectivity index (χ0n) is 14.3. The van der Waals surface area contributed by atoms with Crippen LogP contribution >= 0.6 is 0 Å². The van der Waals surface area contributed by atoms with E-state index in [1.165, 1.54) is 26.2 Å². The molecule has 0 heterocycles. The molecule has 6 nitrogen and oxygen atoms in total. The Balaban J connectivity index is 2.01. The summed E-state index contributed by atoms with van der Waals surface area (Å²) in [7, 11) is -2.32. The third-order valence-electron chi connectivity index (χ3n) is 3.42. The molecule has 134 valence electrons. The van der Waals surface area contributed by atoms with Crippen molar-refractivity contribution < 1.29 is 26.9 Å². The van der Waals surface area contributed by atoms with Crippen LogP contribution in [0.1, 0.15) is 18.1 Å². The minimum Gasteiger partial charge on any atom is -0.493 e. The van der Waals surface area contributed by atoms with Crippen LogP contribution in [0.4, 0.5) is 0 Å². The molecule has 0 saturated heterocycles. The Morgan fingerprint density at radius 1 is 1.04 bits per heavy atom. The SMILES string of the molecule is COc1cc(CCOS(=O)(=O)c2ccc(C)cc2)ccc1OC(C)=O. The third-order valence-corrected chi connectivity index (χ3v) is 4.75. The van der Waals surface area contributed by atoms with Crippen LogP contribution in [0.25, 0.3) is 0 Å². The molecule has 2 aromatic rings. The molecular formula is C18H20O6S. The minimum absolute atomic E-state index is 0.00766. The van der Waals surface area contributed by atoms with Gasteiger partial charge in [0.15, 0.2) is 11.5 Å². The summed E-state index contributed by atoms with van der Waals surface area (Å²) < 4.78 is 39.5. The standard InChI is InChI=1S/C18H20O6S/c1-13-4-7-16(8-5-13)25(20,21)23-11-10-15-6-9-17(24-14(2)19)18(12-15)22-3/h4-9,12H,10-11H2,1-3H3. The van der Waals surface area contributed by atoms with Gasteiger partial charge in [-0.15, -0.1) is 0 Å². The van der Waals surface area contributed by atoms with Crippen molar-refractivity contribution in [2.75, 3.05) is 13.7 Å². The van der Waals surface area contributed by atoms with Gasteiger partial charge in [0.05, 0.1) is 18.6 Å². The Bertz CT molecular complexity index is 840. The van der Waals surface area contributed by atoms with Crippen LogP contribution in [0.3, 0.4) is 0 Å². The van der Waals surface area contributed by atoms with Crippen molar-refractivity contribution in [2.45, 2.75) is 25.2 Å². The Kier molecular flexibility index (Phi) is 6.17. The number of methoxy groups -OCH3 is 1. The number of carbonyl (C=O) groups is 1. The lowest BCUT2D eigenvalue weighted by Crippen LogP contribution is -2.09. The molecule has 0 fully saturated rings. The molecule has 2 aromatic carbocycles. The highest BCUT2D eigenvalue weighted by Gasteiger charge is 2.15. The fraction of sp³-hybridized carbons (Fsp3) is 0.278. The monoisotopic (exact) mass is 364 g/mol. The van der Waals surface area contributed by atoms with E-state index >= 15 is 0 Å². The first-order valence-corrected chi connectivity index (χ1v) is 9.04. The Hall–Kier alpha value is -2.38. The first kappa shape index (κ1) is 19.0. The van der Waals surface area contributed by atoms with E-state index in [-0.39, 0.29) is 11.5 Å². The Morgan fingerprint density at radius 3 is 2.32 bits per heavy atom. The van der Waals surface area contributed by atoms with Gasteiger partial charge in [-0.2, -0.15) is 8.42 Å². The minimum atomic E-state index is -3.79. The molecule has 0 N–H and O–H groups in total. The van der Waals surface area contributed by atoms with Crippen LogP contribution < -0.4 is 9.47 Å². The summed E-state index contributed by atoms with van der Waals surface area (Å²) in [6, 6.07) is 11.5. The van der Waals surface area contributed by atoms with E-state index < -0.39 is 16.1 Å². The number of ether oxygens (including phenoxy) is 2. The molecule has 0 bridgehead atoms. The average Bonchev–Trinajstić information content (AvgIpc) is 2.56. The van der Waals surface area contributed by atoms with E-state index in [0.717, 1.165) is 11.1 Å². The molecule has 0 radical (unpaired) electrons. The fourth-order valence-electron chi connectivity index (χ4n) is 2.15. The summed E-state index contributed by atoms with van der Waals surface area (Å²) in [4.78, 5) is 11.2. The van der Waals surface area contributed by atoms with Gasteiger partial charge in [-0.3, -0.25) is 8.98 Å². The van der Waals surface area contributed by atoms with Crippen molar-refractivity contribution >= 4 is 16.1 Å². The summed E-state index contributed by atoms with van der Waals surface area (Å²) >= 11 is 0. The van der Waals surface area contributed by atoms with Gasteiger partial charge in [0.1, 0.15) is 0 Å². The van der Waals surface area contributed by atoms with Crippen molar-refractivity contribution in [3.05, 3.63) is 53.6 Å². The van der Waals surface area contributed by atoms with Gasteiger partial charge in [-0.05, 0) is 43.2 Å². The van der Waals surface area contributed by atoms with Crippen molar-refractivity contribution in [1.82, 2.24) is 0 Å². The van der Waals surface area contributed by atoms with Gasteiger partial charge in [0.2, 0.25) is 0 Å². The second-order valence-corrected chi connectivity index (χ2v) is 7.03. The lowest BCUT2D eigenvalue weighted by atomic mass is 10.1. The predicted octanol–water partition coefficient (Wildman–Crippen LogP) is 2.88. The number of hydrogen-bond acceptors (Lipinski definition) is 6. The van der Waals surface area contributed by atoms with Gasteiger partial charge in [-0.1, -0.05) is 23.8 Å². The molecule has 0 saturated carbocycles. The quantitative estimate of drug-likeness (QED) is 0.427. The van der Waals surface area contributed by atoms with E-state index in [1.807, 2.05) is 6.92 Å². The van der Waals surface area contributed by atoms with Crippen molar-refractivity contribution in [1.29, 1.82) is 0 Å². The van der Waals surface area contributed by atoms with Crippen LogP contribution in [0, 0.1) is 6.92 Å². The second kappa shape index (κ2) is 8.13. The average molecular weight is 364 g/mol. The molecule has 0 unspecified atom stereocenters. The van der Waals surface area contributed by atoms with Crippen LogP contribution in [0.2, 0.25) is 0 Å². The zero-order chi connectivity index (χ0) is 18.4. The second-order valence-electron chi connectivity index (χ2n) is 5.42. The summed E-state index contributed by atoms with van der Waals surface area (Å²) in [5.74, 6) is 0.264. The highest BCUT2D eigenvalue weighted by Crippen LogP contribution is 2.28. The van der Waals surface area contributed by atoms with E-state index in [1.54, 1.807) is 30.3 Å². The molecular weight excluding hydrogens is 344 g/mol. The molecule has 0 amide bonds. The molecule has 2 rings (SSSR count). The Labute approximate surface area is 147 Å².